The average molecular weight is 275 g/mol. The first-order chi connectivity index (χ1) is 9.19. The molecule has 0 aliphatic carbocycles. The Hall–Kier alpha value is -1.88. The molecule has 1 aromatic carbocycles. The molecular formula is C14H15N2O2S. The normalized spacial score (nSPS) is 14.5. The van der Waals surface area contributed by atoms with Gasteiger partial charge in [-0.05, 0) is 36.3 Å². The lowest BCUT2D eigenvalue weighted by molar-refractivity contribution is -0.116. The van der Waals surface area contributed by atoms with Crippen molar-refractivity contribution in [2.45, 2.75) is 19.8 Å². The predicted octanol–water partition coefficient (Wildman–Crippen LogP) is 1.92. The second-order valence-electron chi connectivity index (χ2n) is 4.21. The maximum absolute atomic E-state index is 11.7. The van der Waals surface area contributed by atoms with Gasteiger partial charge in [-0.2, -0.15) is 5.32 Å². The van der Waals surface area contributed by atoms with Crippen LogP contribution in [0.1, 0.15) is 18.9 Å². The van der Waals surface area contributed by atoms with E-state index in [9.17, 15) is 4.79 Å². The second kappa shape index (κ2) is 6.33. The molecule has 5 heteroatoms. The summed E-state index contributed by atoms with van der Waals surface area (Å²) in [6.45, 7) is 2.75. The smallest absolute Gasteiger partial charge is 0.277 e. The van der Waals surface area contributed by atoms with Gasteiger partial charge in [0.1, 0.15) is 5.75 Å². The van der Waals surface area contributed by atoms with Crippen LogP contribution in [0.25, 0.3) is 0 Å². The van der Waals surface area contributed by atoms with Gasteiger partial charge in [0.2, 0.25) is 0 Å². The van der Waals surface area contributed by atoms with Gasteiger partial charge in [0.05, 0.1) is 6.61 Å². The summed E-state index contributed by atoms with van der Waals surface area (Å²) in [5.74, 6) is 0.548. The van der Waals surface area contributed by atoms with E-state index in [4.69, 9.17) is 17.0 Å². The van der Waals surface area contributed by atoms with E-state index in [0.717, 1.165) is 17.7 Å². The molecule has 0 unspecified atom stereocenters. The second-order valence-corrected chi connectivity index (χ2v) is 4.60. The van der Waals surface area contributed by atoms with Gasteiger partial charge < -0.3 is 10.1 Å². The molecule has 1 radical (unpaired) electrons. The molecule has 0 bridgehead atoms. The summed E-state index contributed by atoms with van der Waals surface area (Å²) in [6, 6.07) is 7.73. The molecule has 1 aliphatic rings. The van der Waals surface area contributed by atoms with E-state index in [2.05, 4.69) is 17.6 Å². The van der Waals surface area contributed by atoms with Crippen molar-refractivity contribution in [2.75, 3.05) is 6.61 Å². The van der Waals surface area contributed by atoms with Gasteiger partial charge in [0.15, 0.2) is 5.11 Å². The maximum Gasteiger partial charge on any atom is 0.277 e. The highest BCUT2D eigenvalue weighted by Gasteiger charge is 2.18. The van der Waals surface area contributed by atoms with E-state index in [0.29, 0.717) is 18.6 Å². The van der Waals surface area contributed by atoms with E-state index in [1.165, 1.54) is 0 Å². The minimum Gasteiger partial charge on any atom is -0.494 e. The Bertz CT molecular complexity index is 526. The van der Waals surface area contributed by atoms with Crippen LogP contribution in [0.15, 0.2) is 36.0 Å². The van der Waals surface area contributed by atoms with Crippen LogP contribution >= 0.6 is 12.2 Å². The van der Waals surface area contributed by atoms with Gasteiger partial charge in [-0.15, -0.1) is 0 Å². The third kappa shape index (κ3) is 3.79. The highest BCUT2D eigenvalue weighted by atomic mass is 32.1. The first kappa shape index (κ1) is 13.5. The number of hydrogen-bond donors (Lipinski definition) is 1. The number of carbonyl (C=O) groups excluding carboxylic acids is 1. The molecule has 1 heterocycles. The lowest BCUT2D eigenvalue weighted by atomic mass is 10.0. The number of nitrogens with zero attached hydrogens (tertiary/aromatic N) is 1. The largest absolute Gasteiger partial charge is 0.494 e. The van der Waals surface area contributed by atoms with Crippen molar-refractivity contribution in [2.24, 2.45) is 0 Å². The lowest BCUT2D eigenvalue weighted by Crippen LogP contribution is -2.37. The van der Waals surface area contributed by atoms with Crippen LogP contribution in [0.5, 0.6) is 5.75 Å². The maximum atomic E-state index is 11.7. The van der Waals surface area contributed by atoms with Gasteiger partial charge in [-0.3, -0.25) is 4.79 Å². The van der Waals surface area contributed by atoms with Gasteiger partial charge >= 0.3 is 0 Å². The van der Waals surface area contributed by atoms with Crippen molar-refractivity contribution < 1.29 is 9.53 Å². The van der Waals surface area contributed by atoms with Crippen LogP contribution in [-0.2, 0) is 11.2 Å². The van der Waals surface area contributed by atoms with E-state index in [-0.39, 0.29) is 11.0 Å². The number of amides is 1. The molecule has 0 saturated carbocycles. The summed E-state index contributed by atoms with van der Waals surface area (Å²) in [4.78, 5) is 11.7. The Morgan fingerprint density at radius 3 is 3.00 bits per heavy atom. The molecular weight excluding hydrogens is 260 g/mol. The monoisotopic (exact) mass is 275 g/mol. The van der Waals surface area contributed by atoms with Crippen molar-refractivity contribution in [3.63, 3.8) is 0 Å². The predicted molar refractivity (Wildman–Crippen MR) is 76.9 cm³/mol. The van der Waals surface area contributed by atoms with Crippen LogP contribution in [0.3, 0.4) is 0 Å². The molecule has 1 aliphatic heterocycles. The standard InChI is InChI=1S/C14H15N2O2S/c1-2-6-18-12-5-3-4-10(8-12)7-11-9-15-14(19)16-13(11)17/h3-5,8-9H,2,6-7H2,1H3,(H,15,19). The quantitative estimate of drug-likeness (QED) is 0.834. The molecule has 0 fully saturated rings. The Balaban J connectivity index is 2.06. The van der Waals surface area contributed by atoms with Crippen molar-refractivity contribution in [1.29, 1.82) is 0 Å². The summed E-state index contributed by atoms with van der Waals surface area (Å²) in [7, 11) is 0. The first-order valence-corrected chi connectivity index (χ1v) is 6.57. The summed E-state index contributed by atoms with van der Waals surface area (Å²) >= 11 is 4.81. The molecule has 4 nitrogen and oxygen atoms in total. The number of thiocarbonyl (C=S) groups is 1. The number of ether oxygens (including phenoxy) is 1. The molecule has 0 saturated heterocycles. The Morgan fingerprint density at radius 2 is 2.26 bits per heavy atom. The summed E-state index contributed by atoms with van der Waals surface area (Å²) in [6.07, 6.45) is 3.10. The molecule has 1 N–H and O–H groups in total. The Morgan fingerprint density at radius 1 is 1.42 bits per heavy atom. The lowest BCUT2D eigenvalue weighted by Gasteiger charge is -2.14. The number of hydrogen-bond acceptors (Lipinski definition) is 3. The van der Waals surface area contributed by atoms with Gasteiger partial charge in [-0.1, -0.05) is 19.1 Å². The minimum atomic E-state index is -0.274. The molecule has 1 amide bonds. The van der Waals surface area contributed by atoms with Crippen molar-refractivity contribution in [3.8, 4) is 5.75 Å². The van der Waals surface area contributed by atoms with Gasteiger partial charge in [0.25, 0.3) is 5.91 Å². The number of benzene rings is 1. The topological polar surface area (TPSA) is 52.4 Å². The highest BCUT2D eigenvalue weighted by molar-refractivity contribution is 7.80. The zero-order chi connectivity index (χ0) is 13.7. The number of nitrogens with one attached hydrogen (secondary N) is 1. The summed E-state index contributed by atoms with van der Waals surface area (Å²) in [5, 5.41) is 6.71. The van der Waals surface area contributed by atoms with Crippen LogP contribution < -0.4 is 15.4 Å². The fourth-order valence-corrected chi connectivity index (χ4v) is 1.86. The third-order valence-electron chi connectivity index (χ3n) is 2.61. The zero-order valence-electron chi connectivity index (χ0n) is 10.7. The van der Waals surface area contributed by atoms with Crippen LogP contribution in [0.2, 0.25) is 0 Å². The Labute approximate surface area is 117 Å². The first-order valence-electron chi connectivity index (χ1n) is 6.16. The number of rotatable bonds is 5. The van der Waals surface area contributed by atoms with Crippen LogP contribution in [0, 0.1) is 0 Å². The van der Waals surface area contributed by atoms with E-state index >= 15 is 0 Å². The SMILES string of the molecule is CCCOc1cccc(CC2=CNC(=S)[N]C2=O)c1. The van der Waals surface area contributed by atoms with Gasteiger partial charge in [-0.25, -0.2) is 0 Å². The summed E-state index contributed by atoms with van der Waals surface area (Å²) in [5.41, 5.74) is 1.61. The highest BCUT2D eigenvalue weighted by Crippen LogP contribution is 2.17. The molecule has 0 atom stereocenters. The van der Waals surface area contributed by atoms with Crippen molar-refractivity contribution in [1.82, 2.24) is 10.6 Å². The van der Waals surface area contributed by atoms with E-state index in [1.54, 1.807) is 6.20 Å². The van der Waals surface area contributed by atoms with Crippen molar-refractivity contribution >= 4 is 23.2 Å². The molecule has 2 rings (SSSR count). The van der Waals surface area contributed by atoms with Crippen molar-refractivity contribution in [3.05, 3.63) is 41.6 Å². The average Bonchev–Trinajstić information content (AvgIpc) is 2.40. The fourth-order valence-electron chi connectivity index (χ4n) is 1.72. The molecule has 19 heavy (non-hydrogen) atoms. The summed E-state index contributed by atoms with van der Waals surface area (Å²) < 4.78 is 5.56. The van der Waals surface area contributed by atoms with E-state index in [1.807, 2.05) is 24.3 Å². The fraction of sp³-hybridized carbons (Fsp3) is 0.286. The molecule has 99 valence electrons. The number of carbonyl (C=O) groups is 1. The molecule has 0 aromatic heterocycles. The molecule has 0 spiro atoms. The zero-order valence-corrected chi connectivity index (χ0v) is 11.5. The van der Waals surface area contributed by atoms with E-state index < -0.39 is 0 Å². The third-order valence-corrected chi connectivity index (χ3v) is 2.82. The van der Waals surface area contributed by atoms with Crippen LogP contribution in [0.4, 0.5) is 0 Å². The Kier molecular flexibility index (Phi) is 4.52. The molecule has 1 aromatic rings. The minimum absolute atomic E-state index is 0.216. The van der Waals surface area contributed by atoms with Crippen LogP contribution in [-0.4, -0.2) is 17.6 Å². The van der Waals surface area contributed by atoms with Gasteiger partial charge in [0, 0.05) is 18.2 Å².